The fraction of sp³-hybridized carbons (Fsp3) is 0.250. The number of hydrogen-bond donors (Lipinski definition) is 2. The van der Waals surface area contributed by atoms with Gasteiger partial charge in [-0.2, -0.15) is 18.3 Å². The van der Waals surface area contributed by atoms with E-state index in [0.29, 0.717) is 12.3 Å². The third-order valence-electron chi connectivity index (χ3n) is 4.61. The molecule has 0 aliphatic carbocycles. The maximum absolute atomic E-state index is 12.8. The summed E-state index contributed by atoms with van der Waals surface area (Å²) in [7, 11) is 0. The quantitative estimate of drug-likeness (QED) is 0.630. The predicted octanol–water partition coefficient (Wildman–Crippen LogP) is 3.62. The Bertz CT molecular complexity index is 1030. The number of ether oxygens (including phenoxy) is 1. The lowest BCUT2D eigenvalue weighted by Crippen LogP contribution is -2.33. The Labute approximate surface area is 182 Å². The van der Waals surface area contributed by atoms with Crippen LogP contribution in [-0.4, -0.2) is 40.4 Å². The lowest BCUT2D eigenvalue weighted by Gasteiger charge is -2.24. The monoisotopic (exact) mass is 453 g/mol. The number of nitrogens with one attached hydrogen (secondary N) is 2. The number of benzene rings is 1. The zero-order valence-corrected chi connectivity index (χ0v) is 16.9. The zero-order chi connectivity index (χ0) is 21.1. The van der Waals surface area contributed by atoms with Crippen LogP contribution < -0.4 is 10.6 Å². The van der Waals surface area contributed by atoms with Crippen molar-refractivity contribution in [3.05, 3.63) is 71.8 Å². The number of carbonyl (C=O) groups is 1. The molecular weight excluding hydrogens is 435 g/mol. The summed E-state index contributed by atoms with van der Waals surface area (Å²) in [4.78, 5) is 15.8. The number of aromatic nitrogens is 3. The lowest BCUT2D eigenvalue weighted by molar-refractivity contribution is -0.141. The number of alkyl halides is 3. The van der Waals surface area contributed by atoms with Crippen molar-refractivity contribution < 1.29 is 22.7 Å². The van der Waals surface area contributed by atoms with E-state index in [9.17, 15) is 18.0 Å². The molecule has 0 spiro atoms. The number of anilines is 1. The molecule has 0 radical (unpaired) electrons. The third kappa shape index (κ3) is 5.40. The summed E-state index contributed by atoms with van der Waals surface area (Å²) in [5.41, 5.74) is 0.930. The molecule has 4 rings (SSSR count). The van der Waals surface area contributed by atoms with E-state index in [4.69, 9.17) is 4.74 Å². The summed E-state index contributed by atoms with van der Waals surface area (Å²) in [6.45, 7) is 2.21. The van der Waals surface area contributed by atoms with E-state index in [1.54, 1.807) is 12.1 Å². The van der Waals surface area contributed by atoms with E-state index in [-0.39, 0.29) is 29.8 Å². The maximum atomic E-state index is 12.8. The Morgan fingerprint density at radius 2 is 2.00 bits per heavy atom. The van der Waals surface area contributed by atoms with Crippen LogP contribution in [0.2, 0.25) is 0 Å². The van der Waals surface area contributed by atoms with E-state index in [0.717, 1.165) is 30.9 Å². The fourth-order valence-electron chi connectivity index (χ4n) is 3.06. The van der Waals surface area contributed by atoms with Crippen molar-refractivity contribution in [2.75, 3.05) is 25.0 Å². The highest BCUT2D eigenvalue weighted by atomic mass is 35.5. The zero-order valence-electron chi connectivity index (χ0n) is 16.1. The molecule has 1 aromatic carbocycles. The Balaban J connectivity index is 0.00000272. The molecule has 1 saturated heterocycles. The van der Waals surface area contributed by atoms with Crippen LogP contribution in [0.3, 0.4) is 0 Å². The molecule has 31 heavy (non-hydrogen) atoms. The smallest absolute Gasteiger partial charge is 0.371 e. The van der Waals surface area contributed by atoms with Gasteiger partial charge in [0.1, 0.15) is 5.69 Å². The van der Waals surface area contributed by atoms with E-state index >= 15 is 0 Å². The molecule has 3 heterocycles. The molecule has 164 valence electrons. The first kappa shape index (κ1) is 22.7. The molecule has 3 aromatic rings. The second-order valence-electron chi connectivity index (χ2n) is 6.71. The van der Waals surface area contributed by atoms with Crippen LogP contribution in [0.4, 0.5) is 18.9 Å². The molecule has 2 aromatic heterocycles. The van der Waals surface area contributed by atoms with Gasteiger partial charge in [0.15, 0.2) is 0 Å². The van der Waals surface area contributed by atoms with Gasteiger partial charge < -0.3 is 15.4 Å². The SMILES string of the molecule is Cl.O=C(Nc1ccc(C2CNCCO2)cc1)c1cnn(-c2ccnc(C(F)(F)F)c2)c1. The van der Waals surface area contributed by atoms with Crippen molar-refractivity contribution in [3.63, 3.8) is 0 Å². The molecule has 0 bridgehead atoms. The van der Waals surface area contributed by atoms with Crippen molar-refractivity contribution in [2.45, 2.75) is 12.3 Å². The van der Waals surface area contributed by atoms with Crippen LogP contribution in [0, 0.1) is 0 Å². The second-order valence-corrected chi connectivity index (χ2v) is 6.71. The third-order valence-corrected chi connectivity index (χ3v) is 4.61. The van der Waals surface area contributed by atoms with Crippen molar-refractivity contribution in [3.8, 4) is 5.69 Å². The number of morpholine rings is 1. The number of halogens is 4. The van der Waals surface area contributed by atoms with E-state index < -0.39 is 17.8 Å². The summed E-state index contributed by atoms with van der Waals surface area (Å²) in [6, 6.07) is 9.56. The fourth-order valence-corrected chi connectivity index (χ4v) is 3.06. The number of carbonyl (C=O) groups excluding carboxylic acids is 1. The van der Waals surface area contributed by atoms with Gasteiger partial charge in [-0.25, -0.2) is 4.68 Å². The number of hydrogen-bond acceptors (Lipinski definition) is 5. The van der Waals surface area contributed by atoms with Gasteiger partial charge in [-0.15, -0.1) is 12.4 Å². The standard InChI is InChI=1S/C20H18F3N5O2.ClH/c21-20(22,23)18-9-16(5-6-25-18)28-12-14(10-26-28)19(29)27-15-3-1-13(2-4-15)17-11-24-7-8-30-17;/h1-6,9-10,12,17,24H,7-8,11H2,(H,27,29);1H. The first-order chi connectivity index (χ1) is 14.4. The van der Waals surface area contributed by atoms with Crippen LogP contribution in [-0.2, 0) is 10.9 Å². The summed E-state index contributed by atoms with van der Waals surface area (Å²) in [5, 5.41) is 9.99. The molecule has 1 aliphatic heterocycles. The molecule has 1 unspecified atom stereocenters. The number of pyridine rings is 1. The van der Waals surface area contributed by atoms with Crippen molar-refractivity contribution >= 4 is 24.0 Å². The van der Waals surface area contributed by atoms with Crippen LogP contribution >= 0.6 is 12.4 Å². The van der Waals surface area contributed by atoms with E-state index in [1.807, 2.05) is 12.1 Å². The van der Waals surface area contributed by atoms with E-state index in [1.165, 1.54) is 23.1 Å². The number of nitrogens with zero attached hydrogens (tertiary/aromatic N) is 3. The summed E-state index contributed by atoms with van der Waals surface area (Å²) < 4.78 is 45.4. The molecule has 1 atom stereocenters. The van der Waals surface area contributed by atoms with Gasteiger partial charge in [-0.3, -0.25) is 9.78 Å². The van der Waals surface area contributed by atoms with Gasteiger partial charge in [0.2, 0.25) is 0 Å². The minimum absolute atomic E-state index is 0. The van der Waals surface area contributed by atoms with Crippen molar-refractivity contribution in [1.29, 1.82) is 0 Å². The average Bonchev–Trinajstić information content (AvgIpc) is 3.25. The van der Waals surface area contributed by atoms with Crippen LogP contribution in [0.5, 0.6) is 0 Å². The van der Waals surface area contributed by atoms with Gasteiger partial charge in [0.05, 0.1) is 30.2 Å². The summed E-state index contributed by atoms with van der Waals surface area (Å²) in [6.07, 6.45) is -0.885. The van der Waals surface area contributed by atoms with Gasteiger partial charge in [0, 0.05) is 31.2 Å². The molecule has 7 nitrogen and oxygen atoms in total. The normalized spacial score (nSPS) is 16.4. The molecular formula is C20H19ClF3N5O2. The van der Waals surface area contributed by atoms with Gasteiger partial charge >= 0.3 is 6.18 Å². The Hall–Kier alpha value is -2.95. The Kier molecular flexibility index (Phi) is 6.94. The first-order valence-corrected chi connectivity index (χ1v) is 9.22. The lowest BCUT2D eigenvalue weighted by atomic mass is 10.1. The minimum atomic E-state index is -4.56. The van der Waals surface area contributed by atoms with Crippen LogP contribution in [0.1, 0.15) is 27.7 Å². The summed E-state index contributed by atoms with van der Waals surface area (Å²) >= 11 is 0. The molecule has 0 saturated carbocycles. The molecule has 1 amide bonds. The van der Waals surface area contributed by atoms with Gasteiger partial charge in [0.25, 0.3) is 5.91 Å². The Morgan fingerprint density at radius 3 is 2.68 bits per heavy atom. The maximum Gasteiger partial charge on any atom is 0.433 e. The summed E-state index contributed by atoms with van der Waals surface area (Å²) in [5.74, 6) is -0.422. The highest BCUT2D eigenvalue weighted by Gasteiger charge is 2.32. The van der Waals surface area contributed by atoms with Crippen LogP contribution in [0.15, 0.2) is 55.0 Å². The van der Waals surface area contributed by atoms with Gasteiger partial charge in [-0.05, 0) is 29.8 Å². The first-order valence-electron chi connectivity index (χ1n) is 9.22. The predicted molar refractivity (Wildman–Crippen MR) is 110 cm³/mol. The topological polar surface area (TPSA) is 81.1 Å². The highest BCUT2D eigenvalue weighted by Crippen LogP contribution is 2.28. The molecule has 2 N–H and O–H groups in total. The number of rotatable bonds is 4. The molecule has 11 heteroatoms. The number of amides is 1. The average molecular weight is 454 g/mol. The molecule has 1 aliphatic rings. The van der Waals surface area contributed by atoms with Crippen LogP contribution in [0.25, 0.3) is 5.69 Å². The van der Waals surface area contributed by atoms with Crippen molar-refractivity contribution in [2.24, 2.45) is 0 Å². The van der Waals surface area contributed by atoms with Crippen molar-refractivity contribution in [1.82, 2.24) is 20.1 Å². The second kappa shape index (κ2) is 9.46. The largest absolute Gasteiger partial charge is 0.433 e. The van der Waals surface area contributed by atoms with Gasteiger partial charge in [-0.1, -0.05) is 12.1 Å². The Morgan fingerprint density at radius 1 is 1.23 bits per heavy atom. The van der Waals surface area contributed by atoms with E-state index in [2.05, 4.69) is 20.7 Å². The minimum Gasteiger partial charge on any atom is -0.371 e. The highest BCUT2D eigenvalue weighted by molar-refractivity contribution is 6.04. The molecule has 1 fully saturated rings.